The summed E-state index contributed by atoms with van der Waals surface area (Å²) < 4.78 is 18.4. The topological polar surface area (TPSA) is 51.0 Å². The summed E-state index contributed by atoms with van der Waals surface area (Å²) >= 11 is 0. The van der Waals surface area contributed by atoms with E-state index in [1.807, 2.05) is 0 Å². The lowest BCUT2D eigenvalue weighted by Crippen LogP contribution is -2.35. The lowest BCUT2D eigenvalue weighted by molar-refractivity contribution is 0.00845. The summed E-state index contributed by atoms with van der Waals surface area (Å²) in [5.41, 5.74) is 1.48. The first kappa shape index (κ1) is 9.59. The Morgan fingerprint density at radius 3 is 3.19 bits per heavy atom. The molecule has 1 N–H and O–H groups in total. The molecule has 1 aromatic carbocycles. The predicted molar refractivity (Wildman–Crippen MR) is 53.9 cm³/mol. The Hall–Kier alpha value is -1.62. The van der Waals surface area contributed by atoms with Crippen molar-refractivity contribution in [2.45, 2.75) is 6.10 Å². The largest absolute Gasteiger partial charge is 0.492 e. The molecule has 0 spiro atoms. The van der Waals surface area contributed by atoms with Crippen molar-refractivity contribution in [3.8, 4) is 5.75 Å². The van der Waals surface area contributed by atoms with Gasteiger partial charge in [-0.05, 0) is 12.1 Å². The molecule has 5 heteroatoms. The average molecular weight is 223 g/mol. The number of fused-ring (bicyclic) bond motifs is 3. The van der Waals surface area contributed by atoms with Crippen LogP contribution in [-0.4, -0.2) is 30.1 Å². The highest BCUT2D eigenvalue weighted by atomic mass is 19.1. The lowest BCUT2D eigenvalue weighted by Gasteiger charge is -2.24. The van der Waals surface area contributed by atoms with E-state index in [4.69, 9.17) is 14.7 Å². The zero-order valence-electron chi connectivity index (χ0n) is 8.39. The van der Waals surface area contributed by atoms with Crippen LogP contribution in [0.1, 0.15) is 5.56 Å². The van der Waals surface area contributed by atoms with Crippen molar-refractivity contribution in [2.24, 2.45) is 11.1 Å². The molecule has 2 aliphatic rings. The summed E-state index contributed by atoms with van der Waals surface area (Å²) in [6, 6.07) is 4.32. The number of hydrogen-bond acceptors (Lipinski definition) is 4. The monoisotopic (exact) mass is 223 g/mol. The SMILES string of the molecule is OCC1ON=C2c3ccc(F)cc3OCC21. The maximum Gasteiger partial charge on any atom is 0.162 e. The van der Waals surface area contributed by atoms with Gasteiger partial charge in [0.15, 0.2) is 6.10 Å². The molecular formula is C11H10FNO3. The molecule has 4 nitrogen and oxygen atoms in total. The van der Waals surface area contributed by atoms with Gasteiger partial charge in [0.1, 0.15) is 23.9 Å². The van der Waals surface area contributed by atoms with Gasteiger partial charge in [0.2, 0.25) is 0 Å². The molecule has 2 heterocycles. The fourth-order valence-corrected chi connectivity index (χ4v) is 2.04. The van der Waals surface area contributed by atoms with Gasteiger partial charge >= 0.3 is 0 Å². The van der Waals surface area contributed by atoms with Crippen LogP contribution in [0.5, 0.6) is 5.75 Å². The van der Waals surface area contributed by atoms with Crippen LogP contribution in [0.25, 0.3) is 0 Å². The first-order chi connectivity index (χ1) is 7.79. The summed E-state index contributed by atoms with van der Waals surface area (Å²) in [5, 5.41) is 13.0. The fourth-order valence-electron chi connectivity index (χ4n) is 2.04. The van der Waals surface area contributed by atoms with Crippen LogP contribution in [0.3, 0.4) is 0 Å². The quantitative estimate of drug-likeness (QED) is 0.770. The third-order valence-corrected chi connectivity index (χ3v) is 2.90. The molecule has 0 saturated carbocycles. The molecule has 0 aromatic heterocycles. The first-order valence-electron chi connectivity index (χ1n) is 5.07. The highest BCUT2D eigenvalue weighted by Crippen LogP contribution is 2.33. The normalized spacial score (nSPS) is 26.2. The van der Waals surface area contributed by atoms with Crippen molar-refractivity contribution in [3.05, 3.63) is 29.6 Å². The number of oxime groups is 1. The number of ether oxygens (including phenoxy) is 1. The minimum Gasteiger partial charge on any atom is -0.492 e. The Morgan fingerprint density at radius 1 is 1.50 bits per heavy atom. The van der Waals surface area contributed by atoms with Crippen molar-refractivity contribution in [3.63, 3.8) is 0 Å². The standard InChI is InChI=1S/C11H10FNO3/c12-6-1-2-7-9(3-6)15-5-8-10(4-14)16-13-11(7)8/h1-3,8,10,14H,4-5H2. The molecule has 0 fully saturated rings. The Kier molecular flexibility index (Phi) is 2.07. The van der Waals surface area contributed by atoms with Crippen LogP contribution >= 0.6 is 0 Å². The maximum atomic E-state index is 13.0. The summed E-state index contributed by atoms with van der Waals surface area (Å²) in [7, 11) is 0. The predicted octanol–water partition coefficient (Wildman–Crippen LogP) is 0.930. The van der Waals surface area contributed by atoms with Crippen molar-refractivity contribution in [1.82, 2.24) is 0 Å². The van der Waals surface area contributed by atoms with Gasteiger partial charge in [-0.15, -0.1) is 0 Å². The summed E-state index contributed by atoms with van der Waals surface area (Å²) in [5.74, 6) is 0.0792. The number of hydrogen-bond donors (Lipinski definition) is 1. The van der Waals surface area contributed by atoms with E-state index < -0.39 is 0 Å². The Bertz CT molecular complexity index is 461. The van der Waals surface area contributed by atoms with E-state index in [-0.39, 0.29) is 24.4 Å². The average Bonchev–Trinajstić information content (AvgIpc) is 2.71. The van der Waals surface area contributed by atoms with Gasteiger partial charge in [-0.25, -0.2) is 4.39 Å². The molecule has 0 bridgehead atoms. The summed E-state index contributed by atoms with van der Waals surface area (Å²) in [6.45, 7) is 0.262. The highest BCUT2D eigenvalue weighted by molar-refractivity contribution is 6.06. The molecular weight excluding hydrogens is 213 g/mol. The lowest BCUT2D eigenvalue weighted by atomic mass is 9.91. The van der Waals surface area contributed by atoms with Crippen LogP contribution in [0, 0.1) is 11.7 Å². The van der Waals surface area contributed by atoms with Crippen LogP contribution in [-0.2, 0) is 4.84 Å². The van der Waals surface area contributed by atoms with E-state index >= 15 is 0 Å². The van der Waals surface area contributed by atoms with E-state index in [0.717, 1.165) is 11.3 Å². The minimum atomic E-state index is -0.354. The van der Waals surface area contributed by atoms with Gasteiger partial charge in [-0.2, -0.15) is 0 Å². The van der Waals surface area contributed by atoms with Crippen LogP contribution < -0.4 is 4.74 Å². The molecule has 3 rings (SSSR count). The summed E-state index contributed by atoms with van der Waals surface area (Å²) in [6.07, 6.45) is -0.354. The zero-order valence-corrected chi connectivity index (χ0v) is 8.39. The van der Waals surface area contributed by atoms with Gasteiger partial charge in [-0.3, -0.25) is 0 Å². The van der Waals surface area contributed by atoms with Crippen molar-refractivity contribution in [2.75, 3.05) is 13.2 Å². The molecule has 84 valence electrons. The van der Waals surface area contributed by atoms with Crippen LogP contribution in [0.15, 0.2) is 23.4 Å². The molecule has 1 aromatic rings. The number of aliphatic hydroxyl groups excluding tert-OH is 1. The number of benzene rings is 1. The molecule has 0 radical (unpaired) electrons. The number of nitrogens with zero attached hydrogens (tertiary/aromatic N) is 1. The number of aliphatic hydroxyl groups is 1. The highest BCUT2D eigenvalue weighted by Gasteiger charge is 2.39. The maximum absolute atomic E-state index is 13.0. The second-order valence-corrected chi connectivity index (χ2v) is 3.86. The Balaban J connectivity index is 2.02. The molecule has 2 aliphatic heterocycles. The second-order valence-electron chi connectivity index (χ2n) is 3.86. The Morgan fingerprint density at radius 2 is 2.38 bits per heavy atom. The minimum absolute atomic E-state index is 0.0667. The molecule has 2 atom stereocenters. The fraction of sp³-hybridized carbons (Fsp3) is 0.364. The molecule has 2 unspecified atom stereocenters. The van der Waals surface area contributed by atoms with Gasteiger partial charge in [0.25, 0.3) is 0 Å². The molecule has 0 saturated heterocycles. The molecule has 0 aliphatic carbocycles. The van der Waals surface area contributed by atoms with Crippen molar-refractivity contribution < 1.29 is 19.1 Å². The van der Waals surface area contributed by atoms with E-state index in [1.165, 1.54) is 12.1 Å². The smallest absolute Gasteiger partial charge is 0.162 e. The van der Waals surface area contributed by atoms with Gasteiger partial charge in [0.05, 0.1) is 12.5 Å². The van der Waals surface area contributed by atoms with Gasteiger partial charge in [-0.1, -0.05) is 5.16 Å². The summed E-state index contributed by atoms with van der Waals surface area (Å²) in [4.78, 5) is 5.10. The van der Waals surface area contributed by atoms with E-state index in [2.05, 4.69) is 5.16 Å². The van der Waals surface area contributed by atoms with Crippen molar-refractivity contribution in [1.29, 1.82) is 0 Å². The van der Waals surface area contributed by atoms with Crippen LogP contribution in [0.4, 0.5) is 4.39 Å². The van der Waals surface area contributed by atoms with E-state index in [0.29, 0.717) is 12.4 Å². The van der Waals surface area contributed by atoms with E-state index in [9.17, 15) is 4.39 Å². The number of rotatable bonds is 1. The number of halogens is 1. The van der Waals surface area contributed by atoms with Gasteiger partial charge in [0, 0.05) is 11.6 Å². The second kappa shape index (κ2) is 3.45. The third kappa shape index (κ3) is 1.28. The first-order valence-corrected chi connectivity index (χ1v) is 5.07. The van der Waals surface area contributed by atoms with Crippen molar-refractivity contribution >= 4 is 5.71 Å². The van der Waals surface area contributed by atoms with Crippen LogP contribution in [0.2, 0.25) is 0 Å². The molecule has 16 heavy (non-hydrogen) atoms. The zero-order chi connectivity index (χ0) is 11.1. The molecule has 0 amide bonds. The third-order valence-electron chi connectivity index (χ3n) is 2.90. The Labute approximate surface area is 91.3 Å². The van der Waals surface area contributed by atoms with E-state index in [1.54, 1.807) is 6.07 Å². The van der Waals surface area contributed by atoms with Gasteiger partial charge < -0.3 is 14.7 Å².